The van der Waals surface area contributed by atoms with Gasteiger partial charge >= 0.3 is 11.9 Å². The van der Waals surface area contributed by atoms with Crippen molar-refractivity contribution in [3.05, 3.63) is 42.7 Å². The molecule has 1 amide bonds. The summed E-state index contributed by atoms with van der Waals surface area (Å²) in [6, 6.07) is 10.7. The lowest BCUT2D eigenvalue weighted by atomic mass is 9.84. The number of aliphatic carboxylic acids is 2. The number of aliphatic hydroxyl groups excluding tert-OH is 2. The summed E-state index contributed by atoms with van der Waals surface area (Å²) >= 11 is 0. The summed E-state index contributed by atoms with van der Waals surface area (Å²) in [4.78, 5) is 32.2. The first kappa shape index (κ1) is 23.3. The van der Waals surface area contributed by atoms with Crippen molar-refractivity contribution in [2.45, 2.75) is 31.1 Å². The molecule has 5 rings (SSSR count). The van der Waals surface area contributed by atoms with Crippen LogP contribution in [0.15, 0.2) is 42.7 Å². The molecule has 0 spiro atoms. The number of rotatable bonds is 5. The molecule has 0 saturated carbocycles. The number of amides is 1. The zero-order valence-corrected chi connectivity index (χ0v) is 16.4. The van der Waals surface area contributed by atoms with Gasteiger partial charge in [0, 0.05) is 30.5 Å². The normalized spacial score (nSPS) is 23.7. The van der Waals surface area contributed by atoms with Crippen LogP contribution in [0.3, 0.4) is 0 Å². The fourth-order valence-corrected chi connectivity index (χ4v) is 3.49. The zero-order valence-electron chi connectivity index (χ0n) is 16.4. The molecule has 2 aromatic rings. The van der Waals surface area contributed by atoms with Gasteiger partial charge in [-0.2, -0.15) is 0 Å². The monoisotopic (exact) mass is 421 g/mol. The summed E-state index contributed by atoms with van der Waals surface area (Å²) in [5.41, 5.74) is 1.25. The Balaban J connectivity index is 0.000000161. The Morgan fingerprint density at radius 1 is 1.00 bits per heavy atom. The minimum absolute atomic E-state index is 0.440. The Bertz CT molecular complexity index is 784. The number of hydrogen-bond acceptors (Lipinski definition) is 6. The Morgan fingerprint density at radius 2 is 1.57 bits per heavy atom. The second-order valence-corrected chi connectivity index (χ2v) is 7.14. The number of carboxylic acid groups (broad SMARTS) is 2. The number of pyridine rings is 1. The van der Waals surface area contributed by atoms with Crippen LogP contribution in [0.5, 0.6) is 0 Å². The number of carbonyl (C=O) groups is 3. The predicted octanol–water partition coefficient (Wildman–Crippen LogP) is -0.357. The number of fused-ring (bicyclic) bond motifs is 4. The predicted molar refractivity (Wildman–Crippen MR) is 107 cm³/mol. The maximum atomic E-state index is 10.2. The average molecular weight is 421 g/mol. The molecule has 2 aromatic heterocycles. The number of aliphatic hydroxyl groups is 2. The van der Waals surface area contributed by atoms with Gasteiger partial charge in [-0.1, -0.05) is 6.07 Å². The number of carbonyl (C=O) groups excluding carboxylic acids is 1. The summed E-state index contributed by atoms with van der Waals surface area (Å²) in [5, 5.41) is 35.4. The van der Waals surface area contributed by atoms with Gasteiger partial charge in [0.25, 0.3) is 0 Å². The third-order valence-corrected chi connectivity index (χ3v) is 5.18. The van der Waals surface area contributed by atoms with Crippen LogP contribution in [0.1, 0.15) is 12.8 Å². The molecule has 0 radical (unpaired) electrons. The van der Waals surface area contributed by atoms with Gasteiger partial charge < -0.3 is 35.0 Å². The quantitative estimate of drug-likeness (QED) is 0.411. The van der Waals surface area contributed by atoms with Crippen molar-refractivity contribution >= 4 is 23.9 Å². The lowest BCUT2D eigenvalue weighted by molar-refractivity contribution is -0.165. The molecule has 10 heteroatoms. The first-order chi connectivity index (χ1) is 14.3. The summed E-state index contributed by atoms with van der Waals surface area (Å²) in [6.45, 7) is 3.55. The van der Waals surface area contributed by atoms with Crippen molar-refractivity contribution < 1.29 is 34.8 Å². The molecule has 0 aliphatic carbocycles. The fourth-order valence-electron chi connectivity index (χ4n) is 3.49. The molecule has 2 bridgehead atoms. The van der Waals surface area contributed by atoms with Gasteiger partial charge in [0.1, 0.15) is 0 Å². The highest BCUT2D eigenvalue weighted by molar-refractivity contribution is 5.83. The SMILES string of the molecule is O=C(O)[C@H](O)[C@@H](O)C(=O)O.O=CN[C@H]1CN2CCC1CC2.c1ccn2cccc2c1. The number of hydrogen-bond donors (Lipinski definition) is 5. The maximum Gasteiger partial charge on any atom is 0.335 e. The molecule has 5 N–H and O–H groups in total. The topological polar surface area (TPSA) is 152 Å². The summed E-state index contributed by atoms with van der Waals surface area (Å²) in [5.74, 6) is -2.78. The van der Waals surface area contributed by atoms with Crippen LogP contribution in [0.4, 0.5) is 0 Å². The third kappa shape index (κ3) is 6.55. The number of aromatic nitrogens is 1. The molecule has 3 saturated heterocycles. The van der Waals surface area contributed by atoms with Crippen molar-refractivity contribution in [2.24, 2.45) is 5.92 Å². The third-order valence-electron chi connectivity index (χ3n) is 5.18. The first-order valence-electron chi connectivity index (χ1n) is 9.59. The van der Waals surface area contributed by atoms with Crippen molar-refractivity contribution in [3.8, 4) is 0 Å². The standard InChI is InChI=1S/C8H14N2O.C8H7N.C4H6O6/c11-6-9-8-5-10-3-1-7(8)2-4-10;1-2-6-9-7-3-5-8(9)4-1;5-1(3(7)8)2(6)4(9)10/h6-8H,1-5H2,(H,9,11);1-7H;1-2,5-6H,(H,7,8)(H,9,10)/t8-;;1-,2-/m0.1/s1. The minimum Gasteiger partial charge on any atom is -0.479 e. The van der Waals surface area contributed by atoms with Crippen LogP contribution in [0, 0.1) is 5.92 Å². The van der Waals surface area contributed by atoms with Gasteiger partial charge in [-0.25, -0.2) is 9.59 Å². The van der Waals surface area contributed by atoms with E-state index in [0.29, 0.717) is 6.04 Å². The molecule has 5 heterocycles. The zero-order chi connectivity index (χ0) is 22.1. The molecule has 0 unspecified atom stereocenters. The Hall–Kier alpha value is -2.95. The van der Waals surface area contributed by atoms with Crippen LogP contribution in [0.25, 0.3) is 5.52 Å². The molecule has 3 atom stereocenters. The smallest absolute Gasteiger partial charge is 0.335 e. The summed E-state index contributed by atoms with van der Waals surface area (Å²) < 4.78 is 2.08. The van der Waals surface area contributed by atoms with Crippen LogP contribution >= 0.6 is 0 Å². The van der Waals surface area contributed by atoms with E-state index in [9.17, 15) is 14.4 Å². The van der Waals surface area contributed by atoms with Gasteiger partial charge in [0.2, 0.25) is 6.41 Å². The average Bonchev–Trinajstić information content (AvgIpc) is 3.23. The second-order valence-electron chi connectivity index (χ2n) is 7.14. The van der Waals surface area contributed by atoms with E-state index in [4.69, 9.17) is 20.4 Å². The molecule has 10 nitrogen and oxygen atoms in total. The fraction of sp³-hybridized carbons (Fsp3) is 0.450. The van der Waals surface area contributed by atoms with Gasteiger partial charge in [0.15, 0.2) is 12.2 Å². The second kappa shape index (κ2) is 11.3. The summed E-state index contributed by atoms with van der Waals surface area (Å²) in [7, 11) is 0. The van der Waals surface area contributed by atoms with Crippen LogP contribution < -0.4 is 5.32 Å². The van der Waals surface area contributed by atoms with E-state index >= 15 is 0 Å². The van der Waals surface area contributed by atoms with Gasteiger partial charge in [-0.05, 0) is 56.1 Å². The van der Waals surface area contributed by atoms with Gasteiger partial charge in [-0.3, -0.25) is 4.79 Å². The molecule has 3 aliphatic rings. The number of nitrogens with zero attached hydrogens (tertiary/aromatic N) is 2. The Labute approximate surface area is 173 Å². The first-order valence-corrected chi connectivity index (χ1v) is 9.59. The molecule has 0 aromatic carbocycles. The minimum atomic E-state index is -2.27. The van der Waals surface area contributed by atoms with Crippen molar-refractivity contribution in [1.29, 1.82) is 0 Å². The number of carboxylic acids is 2. The lowest BCUT2D eigenvalue weighted by Crippen LogP contribution is -2.55. The van der Waals surface area contributed by atoms with E-state index in [1.807, 2.05) is 30.6 Å². The van der Waals surface area contributed by atoms with E-state index in [2.05, 4.69) is 26.8 Å². The van der Waals surface area contributed by atoms with Crippen LogP contribution in [-0.2, 0) is 14.4 Å². The van der Waals surface area contributed by atoms with E-state index in [-0.39, 0.29) is 0 Å². The van der Waals surface area contributed by atoms with E-state index in [1.54, 1.807) is 0 Å². The van der Waals surface area contributed by atoms with E-state index < -0.39 is 24.1 Å². The highest BCUT2D eigenvalue weighted by Gasteiger charge is 2.33. The Kier molecular flexibility index (Phi) is 8.78. The molecular weight excluding hydrogens is 394 g/mol. The van der Waals surface area contributed by atoms with Crippen molar-refractivity contribution in [1.82, 2.24) is 14.6 Å². The highest BCUT2D eigenvalue weighted by Crippen LogP contribution is 2.26. The van der Waals surface area contributed by atoms with Crippen molar-refractivity contribution in [2.75, 3.05) is 19.6 Å². The number of nitrogens with one attached hydrogen (secondary N) is 1. The van der Waals surface area contributed by atoms with E-state index in [0.717, 1.165) is 18.9 Å². The van der Waals surface area contributed by atoms with E-state index in [1.165, 1.54) is 31.4 Å². The lowest BCUT2D eigenvalue weighted by Gasteiger charge is -2.44. The van der Waals surface area contributed by atoms with Gasteiger partial charge in [0.05, 0.1) is 0 Å². The largest absolute Gasteiger partial charge is 0.479 e. The van der Waals surface area contributed by atoms with Gasteiger partial charge in [-0.15, -0.1) is 0 Å². The maximum absolute atomic E-state index is 10.2. The Morgan fingerprint density at radius 3 is 2.03 bits per heavy atom. The molecule has 30 heavy (non-hydrogen) atoms. The highest BCUT2D eigenvalue weighted by atomic mass is 16.4. The van der Waals surface area contributed by atoms with Crippen LogP contribution in [0.2, 0.25) is 0 Å². The summed E-state index contributed by atoms with van der Waals surface area (Å²) in [6.07, 6.45) is 2.92. The molecule has 164 valence electrons. The van der Waals surface area contributed by atoms with Crippen LogP contribution in [-0.4, -0.2) is 86.0 Å². The number of piperidine rings is 3. The molecular formula is C20H27N3O7. The van der Waals surface area contributed by atoms with Crippen molar-refractivity contribution in [3.63, 3.8) is 0 Å². The molecule has 3 fully saturated rings. The molecule has 3 aliphatic heterocycles.